The van der Waals surface area contributed by atoms with Crippen LogP contribution in [0.4, 0.5) is 5.69 Å². The summed E-state index contributed by atoms with van der Waals surface area (Å²) in [6.07, 6.45) is 5.76. The van der Waals surface area contributed by atoms with E-state index in [0.29, 0.717) is 23.7 Å². The average molecular weight is 459 g/mol. The lowest BCUT2D eigenvalue weighted by Gasteiger charge is -2.26. The van der Waals surface area contributed by atoms with E-state index in [1.54, 1.807) is 12.1 Å². The van der Waals surface area contributed by atoms with Crippen LogP contribution in [-0.4, -0.2) is 27.1 Å². The first-order valence-corrected chi connectivity index (χ1v) is 13.5. The van der Waals surface area contributed by atoms with Crippen LogP contribution in [0.1, 0.15) is 80.8 Å². The Hall–Kier alpha value is -2.34. The maximum Gasteiger partial charge on any atom is 0.251 e. The van der Waals surface area contributed by atoms with E-state index in [1.807, 2.05) is 36.4 Å². The van der Waals surface area contributed by atoms with E-state index in [0.717, 1.165) is 30.4 Å². The van der Waals surface area contributed by atoms with Gasteiger partial charge in [0.05, 0.1) is 18.5 Å². The summed E-state index contributed by atoms with van der Waals surface area (Å²) in [5.41, 5.74) is 3.11. The molecule has 0 saturated heterocycles. The van der Waals surface area contributed by atoms with Gasteiger partial charge in [-0.05, 0) is 47.6 Å². The predicted octanol–water partition coefficient (Wildman–Crippen LogP) is 5.72. The molecule has 2 aromatic carbocycles. The lowest BCUT2D eigenvalue weighted by atomic mass is 9.99. The van der Waals surface area contributed by atoms with E-state index in [4.69, 9.17) is 0 Å². The minimum Gasteiger partial charge on any atom is -0.352 e. The molecular formula is C26H38N2O3S. The van der Waals surface area contributed by atoms with Gasteiger partial charge < -0.3 is 5.32 Å². The van der Waals surface area contributed by atoms with E-state index in [-0.39, 0.29) is 18.4 Å². The number of amides is 1. The summed E-state index contributed by atoms with van der Waals surface area (Å²) in [5.74, 6) is 0.616. The SMILES string of the molecule is CCCC[C@@H](CC)CNC(=O)c1ccc(CN(c2ccccc2C(C)C)S(C)(=O)=O)cc1. The van der Waals surface area contributed by atoms with Crippen molar-refractivity contribution in [3.63, 3.8) is 0 Å². The van der Waals surface area contributed by atoms with Gasteiger partial charge in [0, 0.05) is 12.1 Å². The zero-order valence-corrected chi connectivity index (χ0v) is 20.9. The Labute approximate surface area is 194 Å². The molecule has 0 aromatic heterocycles. The maximum atomic E-state index is 12.6. The Morgan fingerprint density at radius 2 is 1.69 bits per heavy atom. The van der Waals surface area contributed by atoms with E-state index in [2.05, 4.69) is 33.0 Å². The fourth-order valence-corrected chi connectivity index (χ4v) is 4.70. The zero-order chi connectivity index (χ0) is 23.7. The quantitative estimate of drug-likeness (QED) is 0.442. The van der Waals surface area contributed by atoms with Crippen LogP contribution in [0.15, 0.2) is 48.5 Å². The number of hydrogen-bond donors (Lipinski definition) is 1. The lowest BCUT2D eigenvalue weighted by Crippen LogP contribution is -2.30. The van der Waals surface area contributed by atoms with Gasteiger partial charge in [-0.15, -0.1) is 0 Å². The van der Waals surface area contributed by atoms with Gasteiger partial charge in [-0.2, -0.15) is 0 Å². The number of carbonyl (C=O) groups is 1. The normalized spacial score (nSPS) is 12.6. The van der Waals surface area contributed by atoms with Crippen molar-refractivity contribution >= 4 is 21.6 Å². The summed E-state index contributed by atoms with van der Waals surface area (Å²) < 4.78 is 26.6. The van der Waals surface area contributed by atoms with Gasteiger partial charge in [-0.3, -0.25) is 9.10 Å². The van der Waals surface area contributed by atoms with Crippen molar-refractivity contribution in [3.05, 3.63) is 65.2 Å². The molecule has 0 spiro atoms. The van der Waals surface area contributed by atoms with Crippen molar-refractivity contribution in [1.82, 2.24) is 5.32 Å². The highest BCUT2D eigenvalue weighted by Gasteiger charge is 2.22. The minimum absolute atomic E-state index is 0.0865. The lowest BCUT2D eigenvalue weighted by molar-refractivity contribution is 0.0946. The second-order valence-corrected chi connectivity index (χ2v) is 10.7. The third-order valence-electron chi connectivity index (χ3n) is 5.86. The summed E-state index contributed by atoms with van der Waals surface area (Å²) >= 11 is 0. The van der Waals surface area contributed by atoms with Crippen molar-refractivity contribution in [2.24, 2.45) is 5.92 Å². The molecule has 2 rings (SSSR count). The molecule has 0 saturated carbocycles. The van der Waals surface area contributed by atoms with Crippen LogP contribution in [0.5, 0.6) is 0 Å². The predicted molar refractivity (Wildman–Crippen MR) is 134 cm³/mol. The highest BCUT2D eigenvalue weighted by molar-refractivity contribution is 7.92. The van der Waals surface area contributed by atoms with E-state index in [1.165, 1.54) is 17.0 Å². The van der Waals surface area contributed by atoms with Gasteiger partial charge in [0.15, 0.2) is 0 Å². The third kappa shape index (κ3) is 7.37. The number of nitrogens with one attached hydrogen (secondary N) is 1. The van der Waals surface area contributed by atoms with E-state index in [9.17, 15) is 13.2 Å². The van der Waals surface area contributed by atoms with Gasteiger partial charge in [0.1, 0.15) is 0 Å². The number of hydrogen-bond acceptors (Lipinski definition) is 3. The number of carbonyl (C=O) groups excluding carboxylic acids is 1. The van der Waals surface area contributed by atoms with Crippen molar-refractivity contribution in [3.8, 4) is 0 Å². The first kappa shape index (κ1) is 25.9. The summed E-state index contributed by atoms with van der Waals surface area (Å²) in [7, 11) is -3.47. The van der Waals surface area contributed by atoms with Crippen LogP contribution in [-0.2, 0) is 16.6 Å². The molecule has 6 heteroatoms. The van der Waals surface area contributed by atoms with Crippen molar-refractivity contribution in [2.75, 3.05) is 17.1 Å². The van der Waals surface area contributed by atoms with Crippen molar-refractivity contribution in [1.29, 1.82) is 0 Å². The number of nitrogens with zero attached hydrogens (tertiary/aromatic N) is 1. The highest BCUT2D eigenvalue weighted by Crippen LogP contribution is 2.30. The van der Waals surface area contributed by atoms with Gasteiger partial charge in [-0.25, -0.2) is 8.42 Å². The Bertz CT molecular complexity index is 969. The van der Waals surface area contributed by atoms with Crippen LogP contribution in [0, 0.1) is 5.92 Å². The van der Waals surface area contributed by atoms with Crippen LogP contribution in [0.2, 0.25) is 0 Å². The molecule has 2 aromatic rings. The Balaban J connectivity index is 2.13. The Morgan fingerprint density at radius 1 is 1.03 bits per heavy atom. The second kappa shape index (κ2) is 12.0. The van der Waals surface area contributed by atoms with Gasteiger partial charge in [-0.1, -0.05) is 77.3 Å². The van der Waals surface area contributed by atoms with Gasteiger partial charge in [0.25, 0.3) is 5.91 Å². The van der Waals surface area contributed by atoms with E-state index >= 15 is 0 Å². The van der Waals surface area contributed by atoms with Crippen LogP contribution >= 0.6 is 0 Å². The Morgan fingerprint density at radius 3 is 2.25 bits per heavy atom. The largest absolute Gasteiger partial charge is 0.352 e. The fraction of sp³-hybridized carbons (Fsp3) is 0.500. The molecule has 0 aliphatic carbocycles. The molecule has 0 radical (unpaired) electrons. The first-order chi connectivity index (χ1) is 15.2. The number of rotatable bonds is 12. The van der Waals surface area contributed by atoms with Crippen LogP contribution in [0.3, 0.4) is 0 Å². The van der Waals surface area contributed by atoms with Gasteiger partial charge >= 0.3 is 0 Å². The molecule has 5 nitrogen and oxygen atoms in total. The summed E-state index contributed by atoms with van der Waals surface area (Å²) in [4.78, 5) is 12.6. The molecule has 1 amide bonds. The molecule has 0 heterocycles. The van der Waals surface area contributed by atoms with Crippen LogP contribution < -0.4 is 9.62 Å². The topological polar surface area (TPSA) is 66.5 Å². The molecule has 176 valence electrons. The smallest absolute Gasteiger partial charge is 0.251 e. The second-order valence-electron chi connectivity index (χ2n) is 8.81. The minimum atomic E-state index is -3.47. The summed E-state index contributed by atoms with van der Waals surface area (Å²) in [5, 5.41) is 3.04. The first-order valence-electron chi connectivity index (χ1n) is 11.6. The highest BCUT2D eigenvalue weighted by atomic mass is 32.2. The number of benzene rings is 2. The number of para-hydroxylation sites is 1. The number of sulfonamides is 1. The molecule has 1 atom stereocenters. The van der Waals surface area contributed by atoms with Crippen molar-refractivity contribution < 1.29 is 13.2 Å². The van der Waals surface area contributed by atoms with Crippen molar-refractivity contribution in [2.45, 2.75) is 65.8 Å². The summed E-state index contributed by atoms with van der Waals surface area (Å²) in [6.45, 7) is 9.35. The molecule has 32 heavy (non-hydrogen) atoms. The monoisotopic (exact) mass is 458 g/mol. The zero-order valence-electron chi connectivity index (χ0n) is 20.1. The van der Waals surface area contributed by atoms with E-state index < -0.39 is 10.0 Å². The average Bonchev–Trinajstić information content (AvgIpc) is 2.77. The molecule has 0 bridgehead atoms. The summed E-state index contributed by atoms with van der Waals surface area (Å²) in [6, 6.07) is 14.8. The molecule has 0 fully saturated rings. The van der Waals surface area contributed by atoms with Gasteiger partial charge in [0.2, 0.25) is 10.0 Å². The molecule has 0 unspecified atom stereocenters. The number of anilines is 1. The molecule has 1 N–H and O–H groups in total. The molecule has 0 aliphatic rings. The Kier molecular flexibility index (Phi) is 9.76. The molecular weight excluding hydrogens is 420 g/mol. The maximum absolute atomic E-state index is 12.6. The molecule has 0 aliphatic heterocycles. The third-order valence-corrected chi connectivity index (χ3v) is 6.99. The fourth-order valence-electron chi connectivity index (χ4n) is 3.79. The van der Waals surface area contributed by atoms with Crippen LogP contribution in [0.25, 0.3) is 0 Å². The number of unbranched alkanes of at least 4 members (excludes halogenated alkanes) is 1. The standard InChI is InChI=1S/C26H38N2O3S/c1-6-8-11-21(7-2)18-27-26(29)23-16-14-22(15-17-23)19-28(32(5,30)31)25-13-10-9-12-24(25)20(3)4/h9-10,12-17,20-21H,6-8,11,18-19H2,1-5H3,(H,27,29)/t21-/m1/s1.